The summed E-state index contributed by atoms with van der Waals surface area (Å²) >= 11 is 0. The molecule has 2 aromatic rings. The molecular formula is C19H23N3O5S2. The molecule has 8 nitrogen and oxygen atoms in total. The Morgan fingerprint density at radius 3 is 1.93 bits per heavy atom. The fourth-order valence-electron chi connectivity index (χ4n) is 3.22. The normalized spacial score (nSPS) is 19.0. The quantitative estimate of drug-likeness (QED) is 0.723. The summed E-state index contributed by atoms with van der Waals surface area (Å²) in [6, 6.07) is 14.5. The summed E-state index contributed by atoms with van der Waals surface area (Å²) in [4.78, 5) is 12.8. The summed E-state index contributed by atoms with van der Waals surface area (Å²) in [5, 5.41) is 2.61. The maximum atomic E-state index is 13.1. The number of sulfonamides is 2. The second-order valence-corrected chi connectivity index (χ2v) is 10.3. The number of carbonyl (C=O) groups is 1. The van der Waals surface area contributed by atoms with Gasteiger partial charge in [-0.3, -0.25) is 4.79 Å². The van der Waals surface area contributed by atoms with Gasteiger partial charge in [-0.25, -0.2) is 16.8 Å². The maximum absolute atomic E-state index is 13.1. The Hall–Kier alpha value is -2.27. The highest BCUT2D eigenvalue weighted by molar-refractivity contribution is 7.89. The molecule has 0 saturated carbocycles. The molecule has 0 bridgehead atoms. The van der Waals surface area contributed by atoms with Crippen LogP contribution in [0.4, 0.5) is 0 Å². The van der Waals surface area contributed by atoms with Crippen LogP contribution in [0.5, 0.6) is 0 Å². The van der Waals surface area contributed by atoms with E-state index in [1.165, 1.54) is 28.6 Å². The van der Waals surface area contributed by atoms with E-state index in [4.69, 9.17) is 0 Å². The number of rotatable bonds is 6. The van der Waals surface area contributed by atoms with E-state index in [1.807, 2.05) is 0 Å². The Morgan fingerprint density at radius 1 is 0.897 bits per heavy atom. The first-order chi connectivity index (χ1) is 13.8. The van der Waals surface area contributed by atoms with Crippen LogP contribution in [0, 0.1) is 0 Å². The maximum Gasteiger partial charge on any atom is 0.243 e. The summed E-state index contributed by atoms with van der Waals surface area (Å²) in [7, 11) is -7.80. The second-order valence-electron chi connectivity index (χ2n) is 6.52. The van der Waals surface area contributed by atoms with E-state index in [9.17, 15) is 21.6 Å². The van der Waals surface area contributed by atoms with Crippen LogP contribution in [0.1, 0.15) is 6.92 Å². The molecule has 156 valence electrons. The van der Waals surface area contributed by atoms with Crippen molar-refractivity contribution in [2.45, 2.75) is 22.8 Å². The van der Waals surface area contributed by atoms with Crippen LogP contribution in [-0.4, -0.2) is 63.6 Å². The average molecular weight is 438 g/mol. The van der Waals surface area contributed by atoms with E-state index in [-0.39, 0.29) is 29.4 Å². The zero-order chi connectivity index (χ0) is 21.1. The summed E-state index contributed by atoms with van der Waals surface area (Å²) in [6.45, 7) is 1.61. The molecule has 0 unspecified atom stereocenters. The minimum atomic E-state index is -3.96. The van der Waals surface area contributed by atoms with Crippen molar-refractivity contribution in [3.8, 4) is 0 Å². The molecule has 1 saturated heterocycles. The topological polar surface area (TPSA) is 104 Å². The van der Waals surface area contributed by atoms with E-state index in [0.29, 0.717) is 6.54 Å². The Labute approximate surface area is 171 Å². The predicted octanol–water partition coefficient (Wildman–Crippen LogP) is 0.887. The van der Waals surface area contributed by atoms with Crippen LogP contribution in [0.25, 0.3) is 0 Å². The molecular weight excluding hydrogens is 414 g/mol. The zero-order valence-corrected chi connectivity index (χ0v) is 17.6. The van der Waals surface area contributed by atoms with E-state index in [0.717, 1.165) is 4.31 Å². The van der Waals surface area contributed by atoms with Gasteiger partial charge < -0.3 is 5.32 Å². The average Bonchev–Trinajstić information content (AvgIpc) is 2.74. The lowest BCUT2D eigenvalue weighted by molar-refractivity contribution is -0.125. The minimum Gasteiger partial charge on any atom is -0.355 e. The molecule has 3 rings (SSSR count). The molecule has 0 spiro atoms. The van der Waals surface area contributed by atoms with Gasteiger partial charge in [-0.05, 0) is 31.2 Å². The largest absolute Gasteiger partial charge is 0.355 e. The second kappa shape index (κ2) is 8.62. The van der Waals surface area contributed by atoms with E-state index in [1.54, 1.807) is 43.3 Å². The van der Waals surface area contributed by atoms with Crippen LogP contribution >= 0.6 is 0 Å². The van der Waals surface area contributed by atoms with Gasteiger partial charge in [0.15, 0.2) is 0 Å². The molecule has 1 fully saturated rings. The number of likely N-dealkylation sites (N-methyl/N-ethyl adjacent to an activating group) is 1. The van der Waals surface area contributed by atoms with Crippen molar-refractivity contribution < 1.29 is 21.6 Å². The van der Waals surface area contributed by atoms with Crippen LogP contribution in [0.3, 0.4) is 0 Å². The van der Waals surface area contributed by atoms with Crippen molar-refractivity contribution in [3.63, 3.8) is 0 Å². The lowest BCUT2D eigenvalue weighted by atomic mass is 10.2. The van der Waals surface area contributed by atoms with E-state index >= 15 is 0 Å². The van der Waals surface area contributed by atoms with E-state index < -0.39 is 32.0 Å². The third-order valence-corrected chi connectivity index (χ3v) is 8.48. The third kappa shape index (κ3) is 4.35. The fraction of sp³-hybridized carbons (Fsp3) is 0.316. The summed E-state index contributed by atoms with van der Waals surface area (Å²) in [5.41, 5.74) is 0. The molecule has 0 aliphatic carbocycles. The van der Waals surface area contributed by atoms with Gasteiger partial charge in [0.25, 0.3) is 0 Å². The molecule has 0 radical (unpaired) electrons. The third-order valence-electron chi connectivity index (χ3n) is 4.68. The fourth-order valence-corrected chi connectivity index (χ4v) is 6.27. The van der Waals surface area contributed by atoms with Crippen LogP contribution in [-0.2, 0) is 24.8 Å². The molecule has 1 atom stereocenters. The van der Waals surface area contributed by atoms with Gasteiger partial charge in [-0.1, -0.05) is 36.4 Å². The molecule has 0 aromatic heterocycles. The molecule has 1 heterocycles. The van der Waals surface area contributed by atoms with Gasteiger partial charge in [-0.15, -0.1) is 0 Å². The summed E-state index contributed by atoms with van der Waals surface area (Å²) in [5.74, 6) is -0.528. The summed E-state index contributed by atoms with van der Waals surface area (Å²) in [6.07, 6.45) is 0. The summed E-state index contributed by atoms with van der Waals surface area (Å²) < 4.78 is 54.4. The van der Waals surface area contributed by atoms with Crippen molar-refractivity contribution in [1.29, 1.82) is 0 Å². The monoisotopic (exact) mass is 437 g/mol. The number of nitrogens with zero attached hydrogens (tertiary/aromatic N) is 2. The SMILES string of the molecule is CCNC(=O)[C@@H]1CN(S(=O)(=O)c2ccccc2)CCN1S(=O)(=O)c1ccccc1. The van der Waals surface area contributed by atoms with Gasteiger partial charge in [-0.2, -0.15) is 8.61 Å². The van der Waals surface area contributed by atoms with Crippen molar-refractivity contribution in [1.82, 2.24) is 13.9 Å². The van der Waals surface area contributed by atoms with Gasteiger partial charge in [0, 0.05) is 26.2 Å². The first-order valence-corrected chi connectivity index (χ1v) is 12.1. The number of piperazine rings is 1. The minimum absolute atomic E-state index is 0.0425. The van der Waals surface area contributed by atoms with Crippen molar-refractivity contribution in [2.24, 2.45) is 0 Å². The molecule has 29 heavy (non-hydrogen) atoms. The Morgan fingerprint density at radius 2 is 1.41 bits per heavy atom. The van der Waals surface area contributed by atoms with Gasteiger partial charge >= 0.3 is 0 Å². The highest BCUT2D eigenvalue weighted by atomic mass is 32.2. The number of amides is 1. The van der Waals surface area contributed by atoms with Crippen molar-refractivity contribution in [3.05, 3.63) is 60.7 Å². The van der Waals surface area contributed by atoms with Crippen molar-refractivity contribution >= 4 is 26.0 Å². The Bertz CT molecular complexity index is 1060. The molecule has 2 aromatic carbocycles. The first kappa shape index (κ1) is 21.4. The number of nitrogens with one attached hydrogen (secondary N) is 1. The Kier molecular flexibility index (Phi) is 6.37. The van der Waals surface area contributed by atoms with Gasteiger partial charge in [0.1, 0.15) is 6.04 Å². The predicted molar refractivity (Wildman–Crippen MR) is 108 cm³/mol. The number of benzene rings is 2. The van der Waals surface area contributed by atoms with Gasteiger partial charge in [0.2, 0.25) is 26.0 Å². The smallest absolute Gasteiger partial charge is 0.243 e. The lowest BCUT2D eigenvalue weighted by Crippen LogP contribution is -2.61. The lowest BCUT2D eigenvalue weighted by Gasteiger charge is -2.38. The van der Waals surface area contributed by atoms with Gasteiger partial charge in [0.05, 0.1) is 9.79 Å². The van der Waals surface area contributed by atoms with Crippen molar-refractivity contribution in [2.75, 3.05) is 26.2 Å². The first-order valence-electron chi connectivity index (χ1n) is 9.18. The number of hydrogen-bond acceptors (Lipinski definition) is 5. The molecule has 10 heteroatoms. The van der Waals surface area contributed by atoms with Crippen LogP contribution in [0.2, 0.25) is 0 Å². The highest BCUT2D eigenvalue weighted by Crippen LogP contribution is 2.25. The molecule has 1 amide bonds. The van der Waals surface area contributed by atoms with Crippen LogP contribution in [0.15, 0.2) is 70.5 Å². The molecule has 1 N–H and O–H groups in total. The van der Waals surface area contributed by atoms with Crippen LogP contribution < -0.4 is 5.32 Å². The number of carbonyl (C=O) groups excluding carboxylic acids is 1. The Balaban J connectivity index is 1.95. The highest BCUT2D eigenvalue weighted by Gasteiger charge is 2.43. The zero-order valence-electron chi connectivity index (χ0n) is 15.9. The number of hydrogen-bond donors (Lipinski definition) is 1. The van der Waals surface area contributed by atoms with E-state index in [2.05, 4.69) is 5.32 Å². The molecule has 1 aliphatic rings. The molecule has 1 aliphatic heterocycles. The standard InChI is InChI=1S/C19H23N3O5S2/c1-2-20-19(23)18-15-21(28(24,25)16-9-5-3-6-10-16)13-14-22(18)29(26,27)17-11-7-4-8-12-17/h3-12,18H,2,13-15H2,1H3,(H,20,23)/t18-/m0/s1.